The van der Waals surface area contributed by atoms with Gasteiger partial charge in [0, 0.05) is 0 Å². The van der Waals surface area contributed by atoms with Crippen molar-refractivity contribution in [3.05, 3.63) is 217 Å². The number of hydrogen-bond acceptors (Lipinski definition) is 0. The molecule has 0 heteroatoms. The van der Waals surface area contributed by atoms with E-state index in [2.05, 4.69) is 237 Å². The van der Waals surface area contributed by atoms with Gasteiger partial charge in [-0.25, -0.2) is 0 Å². The zero-order chi connectivity index (χ0) is 42.3. The van der Waals surface area contributed by atoms with Gasteiger partial charge in [-0.2, -0.15) is 0 Å². The summed E-state index contributed by atoms with van der Waals surface area (Å²) in [5.41, 5.74) is 11.8. The molecule has 0 fully saturated rings. The van der Waals surface area contributed by atoms with Crippen LogP contribution in [0.2, 0.25) is 0 Å². The molecule has 0 heterocycles. The van der Waals surface area contributed by atoms with Crippen LogP contribution in [0.1, 0.15) is 97.3 Å². The Bertz CT molecular complexity index is 2620. The molecule has 0 nitrogen and oxygen atoms in total. The first kappa shape index (κ1) is 45.8. The molecule has 0 saturated heterocycles. The number of aryl methyl sites for hydroxylation is 1. The van der Waals surface area contributed by atoms with Crippen LogP contribution in [0.4, 0.5) is 0 Å². The molecule has 0 aliphatic rings. The van der Waals surface area contributed by atoms with E-state index in [1.54, 1.807) is 0 Å². The molecule has 0 N–H and O–H groups in total. The average Bonchev–Trinajstić information content (AvgIpc) is 3.32. The fourth-order valence-corrected chi connectivity index (χ4v) is 7.76. The van der Waals surface area contributed by atoms with E-state index in [4.69, 9.17) is 0 Å². The first-order chi connectivity index (χ1) is 29.4. The minimum Gasteiger partial charge on any atom is -0.0776 e. The van der Waals surface area contributed by atoms with Gasteiger partial charge in [0.2, 0.25) is 0 Å². The maximum atomic E-state index is 2.39. The highest BCUT2D eigenvalue weighted by Crippen LogP contribution is 2.42. The summed E-state index contributed by atoms with van der Waals surface area (Å²) in [6.07, 6.45) is 3.65. The highest BCUT2D eigenvalue weighted by molar-refractivity contribution is 6.25. The van der Waals surface area contributed by atoms with Crippen LogP contribution in [0.3, 0.4) is 0 Å². The molecule has 0 saturated carbocycles. The lowest BCUT2D eigenvalue weighted by atomic mass is 9.86. The normalized spacial score (nSPS) is 10.6. The molecule has 0 unspecified atom stereocenters. The van der Waals surface area contributed by atoms with Gasteiger partial charge in [0.25, 0.3) is 0 Å². The number of benzene rings is 9. The average molecular weight is 799 g/mol. The Morgan fingerprint density at radius 1 is 0.311 bits per heavy atom. The Balaban J connectivity index is 0.000000250. The predicted octanol–water partition coefficient (Wildman–Crippen LogP) is 18.8. The van der Waals surface area contributed by atoms with E-state index in [0.717, 1.165) is 6.42 Å². The number of hydrogen-bond donors (Lipinski definition) is 0. The molecule has 0 radical (unpaired) electrons. The van der Waals surface area contributed by atoms with E-state index in [0.29, 0.717) is 11.8 Å². The lowest BCUT2D eigenvalue weighted by Crippen LogP contribution is -1.92. The van der Waals surface area contributed by atoms with Gasteiger partial charge in [0.15, 0.2) is 0 Å². The molecule has 0 bridgehead atoms. The van der Waals surface area contributed by atoms with E-state index in [1.807, 2.05) is 12.1 Å². The van der Waals surface area contributed by atoms with Crippen molar-refractivity contribution >= 4 is 32.3 Å². The van der Waals surface area contributed by atoms with Crippen LogP contribution in [0.15, 0.2) is 200 Å². The fraction of sp³-hybridized carbons (Fsp3) is 0.213. The Kier molecular flexibility index (Phi) is 17.2. The van der Waals surface area contributed by atoms with Crippen molar-refractivity contribution in [2.45, 2.75) is 87.0 Å². The lowest BCUT2D eigenvalue weighted by Gasteiger charge is -2.17. The highest BCUT2D eigenvalue weighted by atomic mass is 14.2. The molecule has 61 heavy (non-hydrogen) atoms. The number of rotatable bonds is 7. The van der Waals surface area contributed by atoms with Crippen LogP contribution in [0, 0.1) is 0 Å². The molecule has 9 rings (SSSR count). The molecule has 0 spiro atoms. The van der Waals surface area contributed by atoms with Crippen LogP contribution in [0.25, 0.3) is 65.7 Å². The van der Waals surface area contributed by atoms with Crippen LogP contribution in [-0.4, -0.2) is 0 Å². The second kappa shape index (κ2) is 22.9. The Morgan fingerprint density at radius 3 is 1.05 bits per heavy atom. The molecule has 0 aliphatic heterocycles. The summed E-state index contributed by atoms with van der Waals surface area (Å²) in [6, 6.07) is 72.1. The highest BCUT2D eigenvalue weighted by Gasteiger charge is 2.15. The summed E-state index contributed by atoms with van der Waals surface area (Å²) in [4.78, 5) is 0. The summed E-state index contributed by atoms with van der Waals surface area (Å²) in [5.74, 6) is 1.32. The molecule has 9 aromatic rings. The van der Waals surface area contributed by atoms with Crippen LogP contribution >= 0.6 is 0 Å². The topological polar surface area (TPSA) is 0 Å². The van der Waals surface area contributed by atoms with E-state index in [1.165, 1.54) is 95.2 Å². The summed E-state index contributed by atoms with van der Waals surface area (Å²) in [7, 11) is 0. The monoisotopic (exact) mass is 799 g/mol. The van der Waals surface area contributed by atoms with Crippen molar-refractivity contribution in [2.75, 3.05) is 0 Å². The van der Waals surface area contributed by atoms with Gasteiger partial charge >= 0.3 is 0 Å². The Morgan fingerprint density at radius 2 is 0.639 bits per heavy atom. The molecule has 0 amide bonds. The minimum absolute atomic E-state index is 0. The van der Waals surface area contributed by atoms with Crippen LogP contribution in [-0.2, 0) is 6.42 Å². The standard InChI is InChI=1S/C38H28.2C9H12.C4H10.CH4/c1-2-26-13-3-4-14-28(26)30-16-7-8-18-32(30)31-17-6-5-15-29(31)27-23-24-37-35-21-10-9-19-33(35)34-20-11-12-22-36(34)38(37)25-27;2*1-8(2)9-6-4-3-5-7-9;1-3-4-2;/h3-25H,2H2,1H3;2*3-8H,1-2H3;3-4H2,1-2H3;1H4. The number of fused-ring (bicyclic) bond motifs is 6. The largest absolute Gasteiger partial charge is 0.0776 e. The van der Waals surface area contributed by atoms with Crippen LogP contribution < -0.4 is 0 Å². The second-order valence-electron chi connectivity index (χ2n) is 16.1. The van der Waals surface area contributed by atoms with E-state index < -0.39 is 0 Å². The number of unbranched alkanes of at least 4 members (excludes halogenated alkanes) is 1. The third-order valence-corrected chi connectivity index (χ3v) is 11.3. The minimum atomic E-state index is 0. The zero-order valence-electron chi connectivity index (χ0n) is 36.8. The summed E-state index contributed by atoms with van der Waals surface area (Å²) in [5, 5.41) is 7.84. The molecule has 310 valence electrons. The third kappa shape index (κ3) is 11.3. The fourth-order valence-electron chi connectivity index (χ4n) is 7.76. The third-order valence-electron chi connectivity index (χ3n) is 11.3. The van der Waals surface area contributed by atoms with Crippen molar-refractivity contribution in [1.29, 1.82) is 0 Å². The van der Waals surface area contributed by atoms with Crippen molar-refractivity contribution < 1.29 is 0 Å². The second-order valence-corrected chi connectivity index (χ2v) is 16.1. The summed E-state index contributed by atoms with van der Waals surface area (Å²) >= 11 is 0. The SMILES string of the molecule is C.CC(C)c1ccccc1.CC(C)c1ccccc1.CCCC.CCc1ccccc1-c1ccccc1-c1ccccc1-c1ccc2c3ccccc3c3ccccc3c2c1. The first-order valence-corrected chi connectivity index (χ1v) is 22.1. The van der Waals surface area contributed by atoms with E-state index in [9.17, 15) is 0 Å². The quantitative estimate of drug-likeness (QED) is 0.141. The van der Waals surface area contributed by atoms with Gasteiger partial charge in [-0.3, -0.25) is 0 Å². The van der Waals surface area contributed by atoms with Gasteiger partial charge < -0.3 is 0 Å². The molecular weight excluding hydrogens is 733 g/mol. The van der Waals surface area contributed by atoms with Crippen LogP contribution in [0.5, 0.6) is 0 Å². The van der Waals surface area contributed by atoms with E-state index >= 15 is 0 Å². The maximum absolute atomic E-state index is 2.39. The Labute approximate surface area is 368 Å². The maximum Gasteiger partial charge on any atom is -0.00928 e. The van der Waals surface area contributed by atoms with Crippen molar-refractivity contribution in [3.63, 3.8) is 0 Å². The molecular formula is C61H66. The van der Waals surface area contributed by atoms with Crippen molar-refractivity contribution in [1.82, 2.24) is 0 Å². The summed E-state index contributed by atoms with van der Waals surface area (Å²) < 4.78 is 0. The molecule has 9 aromatic carbocycles. The lowest BCUT2D eigenvalue weighted by molar-refractivity contribution is 0.867. The zero-order valence-corrected chi connectivity index (χ0v) is 36.8. The predicted molar refractivity (Wildman–Crippen MR) is 273 cm³/mol. The van der Waals surface area contributed by atoms with E-state index in [-0.39, 0.29) is 7.43 Å². The molecule has 0 atom stereocenters. The van der Waals surface area contributed by atoms with Gasteiger partial charge in [-0.1, -0.05) is 263 Å². The van der Waals surface area contributed by atoms with Gasteiger partial charge in [0.1, 0.15) is 0 Å². The van der Waals surface area contributed by atoms with Crippen molar-refractivity contribution in [2.24, 2.45) is 0 Å². The first-order valence-electron chi connectivity index (χ1n) is 22.1. The van der Waals surface area contributed by atoms with Gasteiger partial charge in [-0.05, 0) is 107 Å². The smallest absolute Gasteiger partial charge is 0.00928 e. The molecule has 0 aromatic heterocycles. The van der Waals surface area contributed by atoms with Crippen molar-refractivity contribution in [3.8, 4) is 33.4 Å². The molecule has 0 aliphatic carbocycles. The van der Waals surface area contributed by atoms with Gasteiger partial charge in [-0.15, -0.1) is 0 Å². The Hall–Kier alpha value is -6.24. The van der Waals surface area contributed by atoms with Gasteiger partial charge in [0.05, 0.1) is 0 Å². The summed E-state index contributed by atoms with van der Waals surface area (Å²) in [6.45, 7) is 15.4.